The second-order valence-corrected chi connectivity index (χ2v) is 8.79. The van der Waals surface area contributed by atoms with Crippen molar-refractivity contribution in [3.8, 4) is 23.2 Å². The highest BCUT2D eigenvalue weighted by Gasteiger charge is 2.19. The molecule has 0 amide bonds. The number of hydrogen-bond acceptors (Lipinski definition) is 6. The standard InChI is InChI=1S/C23H22N4O4S/c1-16-15-21(17(2)14-20(16)30-3)32(28,29)26-18-6-8-19(9-7-18)31-23-11-10-22(24-25-23)27-12-4-5-13-27/h4-15,26H,1-3H3. The van der Waals surface area contributed by atoms with Crippen LogP contribution in [0.1, 0.15) is 11.1 Å². The molecular formula is C23H22N4O4S. The van der Waals surface area contributed by atoms with Crippen molar-refractivity contribution in [2.75, 3.05) is 11.8 Å². The summed E-state index contributed by atoms with van der Waals surface area (Å²) >= 11 is 0. The second-order valence-electron chi connectivity index (χ2n) is 7.14. The highest BCUT2D eigenvalue weighted by atomic mass is 32.2. The fourth-order valence-electron chi connectivity index (χ4n) is 3.19. The first-order valence-corrected chi connectivity index (χ1v) is 11.3. The lowest BCUT2D eigenvalue weighted by molar-refractivity contribution is 0.411. The van der Waals surface area contributed by atoms with Gasteiger partial charge in [0.1, 0.15) is 11.5 Å². The van der Waals surface area contributed by atoms with Gasteiger partial charge in [0.15, 0.2) is 5.82 Å². The molecular weight excluding hydrogens is 428 g/mol. The summed E-state index contributed by atoms with van der Waals surface area (Å²) in [5.41, 5.74) is 1.76. The van der Waals surface area contributed by atoms with E-state index in [9.17, 15) is 8.42 Å². The average Bonchev–Trinajstić information content (AvgIpc) is 3.31. The van der Waals surface area contributed by atoms with Crippen LogP contribution in [0.3, 0.4) is 0 Å². The Morgan fingerprint density at radius 2 is 1.62 bits per heavy atom. The van der Waals surface area contributed by atoms with Gasteiger partial charge in [0.25, 0.3) is 10.0 Å². The first-order valence-electron chi connectivity index (χ1n) is 9.79. The van der Waals surface area contributed by atoms with E-state index in [2.05, 4.69) is 14.9 Å². The van der Waals surface area contributed by atoms with E-state index in [-0.39, 0.29) is 4.90 Å². The normalized spacial score (nSPS) is 11.2. The Morgan fingerprint density at radius 1 is 0.906 bits per heavy atom. The topological polar surface area (TPSA) is 95.3 Å². The summed E-state index contributed by atoms with van der Waals surface area (Å²) in [6.07, 6.45) is 3.75. The molecule has 2 heterocycles. The summed E-state index contributed by atoms with van der Waals surface area (Å²) in [6, 6.07) is 17.2. The van der Waals surface area contributed by atoms with Crippen LogP contribution in [0.5, 0.6) is 17.4 Å². The predicted molar refractivity (Wildman–Crippen MR) is 121 cm³/mol. The van der Waals surface area contributed by atoms with Gasteiger partial charge in [-0.3, -0.25) is 4.72 Å². The number of anilines is 1. The molecule has 2 aromatic heterocycles. The number of rotatable bonds is 7. The third kappa shape index (κ3) is 4.57. The monoisotopic (exact) mass is 450 g/mol. The van der Waals surface area contributed by atoms with Gasteiger partial charge in [0, 0.05) is 24.1 Å². The smallest absolute Gasteiger partial charge is 0.262 e. The first-order chi connectivity index (χ1) is 15.4. The number of hydrogen-bond donors (Lipinski definition) is 1. The van der Waals surface area contributed by atoms with Gasteiger partial charge in [-0.2, -0.15) is 0 Å². The average molecular weight is 451 g/mol. The van der Waals surface area contributed by atoms with Crippen molar-refractivity contribution in [3.05, 3.63) is 84.2 Å². The Balaban J connectivity index is 1.46. The molecule has 2 aromatic carbocycles. The summed E-state index contributed by atoms with van der Waals surface area (Å²) in [4.78, 5) is 0.203. The van der Waals surface area contributed by atoms with Crippen LogP contribution < -0.4 is 14.2 Å². The number of sulfonamides is 1. The lowest BCUT2D eigenvalue weighted by Crippen LogP contribution is -2.14. The van der Waals surface area contributed by atoms with Crippen molar-refractivity contribution in [2.24, 2.45) is 0 Å². The minimum atomic E-state index is -3.76. The lowest BCUT2D eigenvalue weighted by atomic mass is 10.1. The van der Waals surface area contributed by atoms with Crippen LogP contribution in [0.2, 0.25) is 0 Å². The van der Waals surface area contributed by atoms with Crippen molar-refractivity contribution >= 4 is 15.7 Å². The molecule has 8 nitrogen and oxygen atoms in total. The Labute approximate surface area is 186 Å². The quantitative estimate of drug-likeness (QED) is 0.446. The van der Waals surface area contributed by atoms with Crippen molar-refractivity contribution in [2.45, 2.75) is 18.7 Å². The molecule has 9 heteroatoms. The molecule has 164 valence electrons. The molecule has 0 unspecified atom stereocenters. The third-order valence-electron chi connectivity index (χ3n) is 4.81. The van der Waals surface area contributed by atoms with Crippen LogP contribution >= 0.6 is 0 Å². The highest BCUT2D eigenvalue weighted by molar-refractivity contribution is 7.92. The number of nitrogens with zero attached hydrogens (tertiary/aromatic N) is 3. The number of nitrogens with one attached hydrogen (secondary N) is 1. The van der Waals surface area contributed by atoms with Crippen molar-refractivity contribution < 1.29 is 17.9 Å². The van der Waals surface area contributed by atoms with Crippen LogP contribution in [0, 0.1) is 13.8 Å². The Kier molecular flexibility index (Phi) is 5.83. The van der Waals surface area contributed by atoms with Crippen molar-refractivity contribution in [1.82, 2.24) is 14.8 Å². The molecule has 0 fully saturated rings. The molecule has 1 N–H and O–H groups in total. The summed E-state index contributed by atoms with van der Waals surface area (Å²) < 4.78 is 41.2. The Bertz CT molecular complexity index is 1320. The van der Waals surface area contributed by atoms with Crippen LogP contribution in [0.15, 0.2) is 78.0 Å². The van der Waals surface area contributed by atoms with Gasteiger partial charge in [0.05, 0.1) is 12.0 Å². The number of methoxy groups -OCH3 is 1. The summed E-state index contributed by atoms with van der Waals surface area (Å²) in [7, 11) is -2.21. The van der Waals surface area contributed by atoms with E-state index in [1.807, 2.05) is 29.1 Å². The summed E-state index contributed by atoms with van der Waals surface area (Å²) in [5, 5.41) is 8.20. The molecule has 0 atom stereocenters. The Hall–Kier alpha value is -3.85. The van der Waals surface area contributed by atoms with Crippen LogP contribution in [0.4, 0.5) is 5.69 Å². The van der Waals surface area contributed by atoms with E-state index in [4.69, 9.17) is 9.47 Å². The van der Waals surface area contributed by atoms with Crippen molar-refractivity contribution in [3.63, 3.8) is 0 Å². The molecule has 0 saturated carbocycles. The third-order valence-corrected chi connectivity index (χ3v) is 6.33. The fourth-order valence-corrected chi connectivity index (χ4v) is 4.56. The molecule has 0 spiro atoms. The van der Waals surface area contributed by atoms with E-state index in [1.165, 1.54) is 0 Å². The van der Waals surface area contributed by atoms with Gasteiger partial charge >= 0.3 is 0 Å². The minimum absolute atomic E-state index is 0.203. The van der Waals surface area contributed by atoms with Gasteiger partial charge < -0.3 is 14.0 Å². The van der Waals surface area contributed by atoms with Crippen LogP contribution in [-0.2, 0) is 10.0 Å². The molecule has 0 aliphatic carbocycles. The molecule has 0 saturated heterocycles. The zero-order valence-electron chi connectivity index (χ0n) is 17.8. The zero-order chi connectivity index (χ0) is 22.7. The number of ether oxygens (including phenoxy) is 2. The zero-order valence-corrected chi connectivity index (χ0v) is 18.6. The van der Waals surface area contributed by atoms with Gasteiger partial charge in [0.2, 0.25) is 5.88 Å². The molecule has 0 radical (unpaired) electrons. The van der Waals surface area contributed by atoms with E-state index in [0.29, 0.717) is 34.4 Å². The molecule has 0 aliphatic rings. The maximum Gasteiger partial charge on any atom is 0.262 e. The lowest BCUT2D eigenvalue weighted by Gasteiger charge is -2.14. The van der Waals surface area contributed by atoms with E-state index in [0.717, 1.165) is 5.56 Å². The number of aromatic nitrogens is 3. The van der Waals surface area contributed by atoms with E-state index < -0.39 is 10.0 Å². The molecule has 32 heavy (non-hydrogen) atoms. The minimum Gasteiger partial charge on any atom is -0.496 e. The van der Waals surface area contributed by atoms with E-state index in [1.54, 1.807) is 69.5 Å². The number of aryl methyl sites for hydroxylation is 2. The second kappa shape index (κ2) is 8.72. The van der Waals surface area contributed by atoms with Gasteiger partial charge in [-0.1, -0.05) is 0 Å². The van der Waals surface area contributed by atoms with E-state index >= 15 is 0 Å². The van der Waals surface area contributed by atoms with Gasteiger partial charge in [-0.15, -0.1) is 10.2 Å². The van der Waals surface area contributed by atoms with Crippen LogP contribution in [-0.4, -0.2) is 30.3 Å². The van der Waals surface area contributed by atoms with Gasteiger partial charge in [-0.05, 0) is 79.6 Å². The largest absolute Gasteiger partial charge is 0.496 e. The summed E-state index contributed by atoms with van der Waals surface area (Å²) in [6.45, 7) is 3.54. The van der Waals surface area contributed by atoms with Crippen LogP contribution in [0.25, 0.3) is 5.82 Å². The van der Waals surface area contributed by atoms with Gasteiger partial charge in [-0.25, -0.2) is 8.42 Å². The van der Waals surface area contributed by atoms with Crippen molar-refractivity contribution in [1.29, 1.82) is 0 Å². The predicted octanol–water partition coefficient (Wildman–Crippen LogP) is 4.49. The Morgan fingerprint density at radius 3 is 2.25 bits per heavy atom. The highest BCUT2D eigenvalue weighted by Crippen LogP contribution is 2.28. The molecule has 4 aromatic rings. The summed E-state index contributed by atoms with van der Waals surface area (Å²) in [5.74, 6) is 2.16. The number of benzene rings is 2. The SMILES string of the molecule is COc1cc(C)c(S(=O)(=O)Nc2ccc(Oc3ccc(-n4cccc4)nn3)cc2)cc1C. The maximum absolute atomic E-state index is 12.9. The molecule has 0 bridgehead atoms. The molecule has 4 rings (SSSR count). The maximum atomic E-state index is 12.9. The molecule has 0 aliphatic heterocycles. The fraction of sp³-hybridized carbons (Fsp3) is 0.130. The first kappa shape index (κ1) is 21.4.